The van der Waals surface area contributed by atoms with Crippen molar-refractivity contribution in [1.82, 2.24) is 15.5 Å². The average Bonchev–Trinajstić information content (AvgIpc) is 2.74. The molecule has 0 spiro atoms. The van der Waals surface area contributed by atoms with Crippen LogP contribution in [0.15, 0.2) is 0 Å². The molecule has 2 heterocycles. The van der Waals surface area contributed by atoms with Gasteiger partial charge in [0.2, 0.25) is 5.91 Å². The number of likely N-dealkylation sites (tertiary alicyclic amines) is 1. The van der Waals surface area contributed by atoms with Gasteiger partial charge in [0, 0.05) is 13.1 Å². The fraction of sp³-hybridized carbons (Fsp3) is 0.727. The van der Waals surface area contributed by atoms with Crippen molar-refractivity contribution in [3.63, 3.8) is 0 Å². The first-order chi connectivity index (χ1) is 7.29. The predicted octanol–water partition coefficient (Wildman–Crippen LogP) is -1.11. The number of rotatable bonds is 3. The first kappa shape index (κ1) is 10.5. The first-order valence-electron chi connectivity index (χ1n) is 5.43. The summed E-state index contributed by atoms with van der Waals surface area (Å²) in [6.45, 7) is 5.12. The van der Waals surface area contributed by atoms with E-state index in [0.717, 1.165) is 38.0 Å². The van der Waals surface area contributed by atoms with Crippen LogP contribution in [0.5, 0.6) is 0 Å². The van der Waals surface area contributed by atoms with Gasteiger partial charge in [0.25, 0.3) is 0 Å². The number of nitrogens with zero attached hydrogens (tertiary/aromatic N) is 1. The molecule has 0 bridgehead atoms. The molecule has 2 aliphatic rings. The Morgan fingerprint density at radius 1 is 1.47 bits per heavy atom. The van der Waals surface area contributed by atoms with E-state index in [1.54, 1.807) is 0 Å². The number of hydrogen-bond donors (Lipinski definition) is 2. The highest BCUT2D eigenvalue weighted by Gasteiger charge is 2.36. The summed E-state index contributed by atoms with van der Waals surface area (Å²) >= 11 is 0. The lowest BCUT2D eigenvalue weighted by Gasteiger charge is -2.15. The quantitative estimate of drug-likeness (QED) is 0.577. The molecule has 0 radical (unpaired) electrons. The number of fused-ring (bicyclic) bond motifs is 1. The van der Waals surface area contributed by atoms with Gasteiger partial charge in [-0.2, -0.15) is 0 Å². The molecule has 2 rings (SSSR count). The molecule has 2 fully saturated rings. The first-order valence-corrected chi connectivity index (χ1v) is 5.43. The summed E-state index contributed by atoms with van der Waals surface area (Å²) in [6, 6.07) is 0. The minimum absolute atomic E-state index is 0.0425. The van der Waals surface area contributed by atoms with E-state index in [0.29, 0.717) is 13.1 Å². The maximum Gasteiger partial charge on any atom is 0.234 e. The third-order valence-electron chi connectivity index (χ3n) is 3.22. The van der Waals surface area contributed by atoms with Crippen LogP contribution in [0, 0.1) is 24.2 Å². The molecule has 1 amide bonds. The van der Waals surface area contributed by atoms with Crippen LogP contribution in [0.1, 0.15) is 0 Å². The number of carbonyl (C=O) groups is 1. The molecule has 0 aromatic rings. The number of terminal acetylenes is 1. The highest BCUT2D eigenvalue weighted by Crippen LogP contribution is 2.25. The van der Waals surface area contributed by atoms with Gasteiger partial charge in [-0.3, -0.25) is 9.69 Å². The second kappa shape index (κ2) is 4.65. The van der Waals surface area contributed by atoms with E-state index in [9.17, 15) is 4.79 Å². The Bertz CT molecular complexity index is 272. The van der Waals surface area contributed by atoms with Crippen molar-refractivity contribution in [3.8, 4) is 12.3 Å². The van der Waals surface area contributed by atoms with Crippen molar-refractivity contribution < 1.29 is 4.79 Å². The van der Waals surface area contributed by atoms with Crippen molar-refractivity contribution in [3.05, 3.63) is 0 Å². The van der Waals surface area contributed by atoms with E-state index in [1.807, 2.05) is 0 Å². The third kappa shape index (κ3) is 2.49. The molecular weight excluding hydrogens is 190 g/mol. The molecule has 0 aromatic heterocycles. The van der Waals surface area contributed by atoms with E-state index < -0.39 is 0 Å². The average molecular weight is 207 g/mol. The maximum absolute atomic E-state index is 11.4. The summed E-state index contributed by atoms with van der Waals surface area (Å²) in [5.74, 6) is 3.93. The highest BCUT2D eigenvalue weighted by atomic mass is 16.2. The van der Waals surface area contributed by atoms with Crippen molar-refractivity contribution in [2.24, 2.45) is 11.8 Å². The molecule has 2 aliphatic heterocycles. The molecule has 2 saturated heterocycles. The van der Waals surface area contributed by atoms with E-state index in [-0.39, 0.29) is 5.91 Å². The fourth-order valence-corrected chi connectivity index (χ4v) is 2.49. The zero-order valence-corrected chi connectivity index (χ0v) is 8.83. The molecule has 4 heteroatoms. The zero-order valence-electron chi connectivity index (χ0n) is 8.83. The van der Waals surface area contributed by atoms with Crippen LogP contribution in [0.3, 0.4) is 0 Å². The van der Waals surface area contributed by atoms with Crippen molar-refractivity contribution in [2.45, 2.75) is 0 Å². The van der Waals surface area contributed by atoms with E-state index in [2.05, 4.69) is 21.5 Å². The molecule has 15 heavy (non-hydrogen) atoms. The molecule has 2 atom stereocenters. The van der Waals surface area contributed by atoms with Gasteiger partial charge in [0.1, 0.15) is 0 Å². The van der Waals surface area contributed by atoms with Crippen LogP contribution >= 0.6 is 0 Å². The SMILES string of the molecule is C#CCNC(=O)CN1CC2CNCC2C1. The van der Waals surface area contributed by atoms with E-state index in [4.69, 9.17) is 6.42 Å². The van der Waals surface area contributed by atoms with Gasteiger partial charge in [-0.15, -0.1) is 6.42 Å². The second-order valence-electron chi connectivity index (χ2n) is 4.35. The van der Waals surface area contributed by atoms with E-state index >= 15 is 0 Å². The third-order valence-corrected chi connectivity index (χ3v) is 3.22. The lowest BCUT2D eigenvalue weighted by atomic mass is 10.0. The lowest BCUT2D eigenvalue weighted by molar-refractivity contribution is -0.121. The van der Waals surface area contributed by atoms with E-state index in [1.165, 1.54) is 0 Å². The molecular formula is C11H17N3O. The maximum atomic E-state index is 11.4. The lowest BCUT2D eigenvalue weighted by Crippen LogP contribution is -2.37. The largest absolute Gasteiger partial charge is 0.344 e. The van der Waals surface area contributed by atoms with Gasteiger partial charge in [-0.1, -0.05) is 5.92 Å². The molecule has 82 valence electrons. The molecule has 0 aliphatic carbocycles. The smallest absolute Gasteiger partial charge is 0.234 e. The number of carbonyl (C=O) groups excluding carboxylic acids is 1. The van der Waals surface area contributed by atoms with Crippen LogP contribution in [0.2, 0.25) is 0 Å². The van der Waals surface area contributed by atoms with Crippen LogP contribution < -0.4 is 10.6 Å². The number of nitrogens with one attached hydrogen (secondary N) is 2. The summed E-state index contributed by atoms with van der Waals surface area (Å²) in [7, 11) is 0. The predicted molar refractivity (Wildman–Crippen MR) is 58.1 cm³/mol. The monoisotopic (exact) mass is 207 g/mol. The second-order valence-corrected chi connectivity index (χ2v) is 4.35. The molecule has 4 nitrogen and oxygen atoms in total. The summed E-state index contributed by atoms with van der Waals surface area (Å²) in [4.78, 5) is 13.6. The Labute approximate surface area is 90.4 Å². The minimum Gasteiger partial charge on any atom is -0.344 e. The van der Waals surface area contributed by atoms with Crippen molar-refractivity contribution >= 4 is 5.91 Å². The topological polar surface area (TPSA) is 44.4 Å². The molecule has 0 aromatic carbocycles. The van der Waals surface area contributed by atoms with Crippen LogP contribution in [0.25, 0.3) is 0 Å². The van der Waals surface area contributed by atoms with Gasteiger partial charge in [-0.05, 0) is 24.9 Å². The summed E-state index contributed by atoms with van der Waals surface area (Å²) in [5.41, 5.74) is 0. The Hall–Kier alpha value is -1.05. The molecule has 2 unspecified atom stereocenters. The van der Waals surface area contributed by atoms with Gasteiger partial charge in [0.15, 0.2) is 0 Å². The summed E-state index contributed by atoms with van der Waals surface area (Å²) in [5, 5.41) is 6.07. The number of amides is 1. The Morgan fingerprint density at radius 2 is 2.13 bits per heavy atom. The van der Waals surface area contributed by atoms with Crippen LogP contribution in [-0.4, -0.2) is 50.1 Å². The zero-order chi connectivity index (χ0) is 10.7. The van der Waals surface area contributed by atoms with Crippen molar-refractivity contribution in [2.75, 3.05) is 39.3 Å². The minimum atomic E-state index is 0.0425. The van der Waals surface area contributed by atoms with Gasteiger partial charge in [-0.25, -0.2) is 0 Å². The highest BCUT2D eigenvalue weighted by molar-refractivity contribution is 5.78. The molecule has 2 N–H and O–H groups in total. The van der Waals surface area contributed by atoms with Crippen molar-refractivity contribution in [1.29, 1.82) is 0 Å². The van der Waals surface area contributed by atoms with Crippen LogP contribution in [-0.2, 0) is 4.79 Å². The fourth-order valence-electron chi connectivity index (χ4n) is 2.49. The molecule has 0 saturated carbocycles. The Balaban J connectivity index is 1.73. The standard InChI is InChI=1S/C11H17N3O/c1-2-3-13-11(15)8-14-6-9-4-12-5-10(9)7-14/h1,9-10,12H,3-8H2,(H,13,15). The summed E-state index contributed by atoms with van der Waals surface area (Å²) < 4.78 is 0. The normalized spacial score (nSPS) is 29.8. The number of hydrogen-bond acceptors (Lipinski definition) is 3. The van der Waals surface area contributed by atoms with Gasteiger partial charge < -0.3 is 10.6 Å². The van der Waals surface area contributed by atoms with Crippen LogP contribution in [0.4, 0.5) is 0 Å². The van der Waals surface area contributed by atoms with Gasteiger partial charge >= 0.3 is 0 Å². The Morgan fingerprint density at radius 3 is 2.73 bits per heavy atom. The summed E-state index contributed by atoms with van der Waals surface area (Å²) in [6.07, 6.45) is 5.07. The van der Waals surface area contributed by atoms with Gasteiger partial charge in [0.05, 0.1) is 13.1 Å². The Kier molecular flexibility index (Phi) is 3.24.